The van der Waals surface area contributed by atoms with E-state index in [1.807, 2.05) is 35.8 Å². The zero-order chi connectivity index (χ0) is 13.8. The lowest BCUT2D eigenvalue weighted by molar-refractivity contribution is 0.0694. The van der Waals surface area contributed by atoms with E-state index in [9.17, 15) is 5.11 Å². The standard InChI is InChI=1S/C12H19N5O2/c1-13-10-7-17-5-4-14-11(17)12(15-10)16(2)6-9(18)8-19-3/h4-5,7,9,13,18H,6,8H2,1-3H3. The summed E-state index contributed by atoms with van der Waals surface area (Å²) in [6, 6.07) is 0. The first-order valence-electron chi connectivity index (χ1n) is 6.05. The minimum atomic E-state index is -0.565. The van der Waals surface area contributed by atoms with Crippen LogP contribution in [0.15, 0.2) is 18.6 Å². The second-order valence-corrected chi connectivity index (χ2v) is 4.35. The van der Waals surface area contributed by atoms with Crippen molar-refractivity contribution in [3.05, 3.63) is 18.6 Å². The van der Waals surface area contributed by atoms with Gasteiger partial charge in [-0.1, -0.05) is 0 Å². The van der Waals surface area contributed by atoms with Crippen molar-refractivity contribution in [1.82, 2.24) is 14.4 Å². The van der Waals surface area contributed by atoms with Gasteiger partial charge in [0.15, 0.2) is 11.5 Å². The quantitative estimate of drug-likeness (QED) is 0.778. The van der Waals surface area contributed by atoms with Crippen molar-refractivity contribution >= 4 is 17.3 Å². The Morgan fingerprint density at radius 2 is 2.37 bits per heavy atom. The monoisotopic (exact) mass is 265 g/mol. The number of methoxy groups -OCH3 is 1. The molecule has 0 aliphatic heterocycles. The molecule has 0 aromatic carbocycles. The van der Waals surface area contributed by atoms with Crippen molar-refractivity contribution in [2.45, 2.75) is 6.10 Å². The van der Waals surface area contributed by atoms with Gasteiger partial charge in [0.25, 0.3) is 0 Å². The number of nitrogens with one attached hydrogen (secondary N) is 1. The fourth-order valence-electron chi connectivity index (χ4n) is 1.94. The second kappa shape index (κ2) is 5.85. The molecule has 7 heteroatoms. The Hall–Kier alpha value is -1.86. The molecule has 0 spiro atoms. The summed E-state index contributed by atoms with van der Waals surface area (Å²) >= 11 is 0. The summed E-state index contributed by atoms with van der Waals surface area (Å²) in [6.07, 6.45) is 4.89. The Morgan fingerprint density at radius 3 is 3.05 bits per heavy atom. The highest BCUT2D eigenvalue weighted by Crippen LogP contribution is 2.19. The highest BCUT2D eigenvalue weighted by atomic mass is 16.5. The van der Waals surface area contributed by atoms with Crippen molar-refractivity contribution in [2.24, 2.45) is 0 Å². The number of aliphatic hydroxyl groups is 1. The Labute approximate surface area is 111 Å². The maximum Gasteiger partial charge on any atom is 0.180 e. The van der Waals surface area contributed by atoms with Gasteiger partial charge >= 0.3 is 0 Å². The average Bonchev–Trinajstić information content (AvgIpc) is 2.85. The summed E-state index contributed by atoms with van der Waals surface area (Å²) in [5.74, 6) is 1.46. The number of aromatic nitrogens is 3. The predicted octanol–water partition coefficient (Wildman–Crippen LogP) is 0.214. The van der Waals surface area contributed by atoms with Gasteiger partial charge in [-0.2, -0.15) is 0 Å². The van der Waals surface area contributed by atoms with E-state index in [1.165, 1.54) is 0 Å². The number of nitrogens with zero attached hydrogens (tertiary/aromatic N) is 4. The van der Waals surface area contributed by atoms with Crippen LogP contribution in [0, 0.1) is 0 Å². The normalized spacial score (nSPS) is 12.6. The maximum atomic E-state index is 9.79. The predicted molar refractivity (Wildman–Crippen MR) is 73.7 cm³/mol. The van der Waals surface area contributed by atoms with E-state index in [-0.39, 0.29) is 0 Å². The summed E-state index contributed by atoms with van der Waals surface area (Å²) in [6.45, 7) is 0.720. The lowest BCUT2D eigenvalue weighted by Gasteiger charge is -2.22. The second-order valence-electron chi connectivity index (χ2n) is 4.35. The first-order chi connectivity index (χ1) is 9.15. The number of hydrogen-bond acceptors (Lipinski definition) is 6. The fraction of sp³-hybridized carbons (Fsp3) is 0.500. The lowest BCUT2D eigenvalue weighted by Crippen LogP contribution is -2.32. The summed E-state index contributed by atoms with van der Waals surface area (Å²) in [7, 11) is 5.25. The zero-order valence-corrected chi connectivity index (χ0v) is 11.4. The number of rotatable bonds is 6. The van der Waals surface area contributed by atoms with Gasteiger partial charge in [-0.3, -0.25) is 0 Å². The number of imidazole rings is 1. The van der Waals surface area contributed by atoms with Crippen LogP contribution in [0.2, 0.25) is 0 Å². The molecule has 0 aliphatic rings. The zero-order valence-electron chi connectivity index (χ0n) is 11.4. The molecule has 0 fully saturated rings. The lowest BCUT2D eigenvalue weighted by atomic mass is 10.3. The molecule has 1 unspecified atom stereocenters. The van der Waals surface area contributed by atoms with E-state index in [0.717, 1.165) is 11.5 Å². The van der Waals surface area contributed by atoms with Gasteiger partial charge < -0.3 is 24.5 Å². The fourth-order valence-corrected chi connectivity index (χ4v) is 1.94. The summed E-state index contributed by atoms with van der Waals surface area (Å²) in [5, 5.41) is 12.8. The molecule has 2 rings (SSSR count). The molecule has 1 atom stereocenters. The smallest absolute Gasteiger partial charge is 0.180 e. The minimum Gasteiger partial charge on any atom is -0.389 e. The highest BCUT2D eigenvalue weighted by Gasteiger charge is 2.14. The maximum absolute atomic E-state index is 9.79. The van der Waals surface area contributed by atoms with Crippen LogP contribution < -0.4 is 10.2 Å². The molecule has 0 radical (unpaired) electrons. The third-order valence-electron chi connectivity index (χ3n) is 2.82. The van der Waals surface area contributed by atoms with Gasteiger partial charge in [-0.15, -0.1) is 0 Å². The van der Waals surface area contributed by atoms with Gasteiger partial charge in [-0.05, 0) is 0 Å². The van der Waals surface area contributed by atoms with Crippen LogP contribution >= 0.6 is 0 Å². The topological polar surface area (TPSA) is 74.9 Å². The first-order valence-corrected chi connectivity index (χ1v) is 6.05. The number of hydrogen-bond donors (Lipinski definition) is 2. The van der Waals surface area contributed by atoms with Crippen LogP contribution in [0.25, 0.3) is 5.65 Å². The van der Waals surface area contributed by atoms with Crippen molar-refractivity contribution in [3.63, 3.8) is 0 Å². The Morgan fingerprint density at radius 1 is 1.58 bits per heavy atom. The van der Waals surface area contributed by atoms with Crippen LogP contribution in [0.4, 0.5) is 11.6 Å². The summed E-state index contributed by atoms with van der Waals surface area (Å²) in [5.41, 5.74) is 0.756. The van der Waals surface area contributed by atoms with Gasteiger partial charge in [0.2, 0.25) is 0 Å². The molecule has 0 saturated carbocycles. The summed E-state index contributed by atoms with van der Waals surface area (Å²) < 4.78 is 6.82. The SMILES string of the molecule is CNc1cn2ccnc2c(N(C)CC(O)COC)n1. The molecular weight excluding hydrogens is 246 g/mol. The number of ether oxygens (including phenoxy) is 1. The van der Waals surface area contributed by atoms with E-state index in [2.05, 4.69) is 15.3 Å². The minimum absolute atomic E-state index is 0.292. The molecule has 0 saturated heterocycles. The average molecular weight is 265 g/mol. The molecule has 2 aromatic heterocycles. The molecule has 0 bridgehead atoms. The molecular formula is C12H19N5O2. The molecule has 0 aliphatic carbocycles. The highest BCUT2D eigenvalue weighted by molar-refractivity contribution is 5.66. The molecule has 2 aromatic rings. The van der Waals surface area contributed by atoms with Crippen LogP contribution in [0.5, 0.6) is 0 Å². The summed E-state index contributed by atoms with van der Waals surface area (Å²) in [4.78, 5) is 10.6. The number of likely N-dealkylation sites (N-methyl/N-ethyl adjacent to an activating group) is 1. The van der Waals surface area contributed by atoms with Crippen LogP contribution in [0.3, 0.4) is 0 Å². The molecule has 2 N–H and O–H groups in total. The number of fused-ring (bicyclic) bond motifs is 1. The first kappa shape index (κ1) is 13.6. The van der Waals surface area contributed by atoms with Gasteiger partial charge in [0.05, 0.1) is 18.9 Å². The van der Waals surface area contributed by atoms with E-state index in [0.29, 0.717) is 19.0 Å². The molecule has 104 valence electrons. The van der Waals surface area contributed by atoms with E-state index in [4.69, 9.17) is 4.74 Å². The van der Waals surface area contributed by atoms with E-state index in [1.54, 1.807) is 13.3 Å². The van der Waals surface area contributed by atoms with Gasteiger partial charge in [0.1, 0.15) is 5.82 Å². The number of aliphatic hydroxyl groups excluding tert-OH is 1. The number of anilines is 2. The molecule has 0 amide bonds. The molecule has 19 heavy (non-hydrogen) atoms. The molecule has 7 nitrogen and oxygen atoms in total. The van der Waals surface area contributed by atoms with Crippen LogP contribution in [0.1, 0.15) is 0 Å². The Kier molecular flexibility index (Phi) is 4.18. The third-order valence-corrected chi connectivity index (χ3v) is 2.82. The van der Waals surface area contributed by atoms with Crippen molar-refractivity contribution in [2.75, 3.05) is 44.6 Å². The van der Waals surface area contributed by atoms with Gasteiger partial charge in [0, 0.05) is 40.1 Å². The Balaban J connectivity index is 2.29. The molecule has 2 heterocycles. The third kappa shape index (κ3) is 2.94. The van der Waals surface area contributed by atoms with Crippen LogP contribution in [-0.4, -0.2) is 59.9 Å². The van der Waals surface area contributed by atoms with Crippen molar-refractivity contribution in [3.8, 4) is 0 Å². The largest absolute Gasteiger partial charge is 0.389 e. The van der Waals surface area contributed by atoms with E-state index < -0.39 is 6.10 Å². The van der Waals surface area contributed by atoms with Crippen molar-refractivity contribution in [1.29, 1.82) is 0 Å². The van der Waals surface area contributed by atoms with Crippen molar-refractivity contribution < 1.29 is 9.84 Å². The van der Waals surface area contributed by atoms with Crippen LogP contribution in [-0.2, 0) is 4.74 Å². The van der Waals surface area contributed by atoms with Gasteiger partial charge in [-0.25, -0.2) is 9.97 Å². The Bertz CT molecular complexity index is 542. The van der Waals surface area contributed by atoms with E-state index >= 15 is 0 Å².